The van der Waals surface area contributed by atoms with Crippen molar-refractivity contribution in [3.63, 3.8) is 0 Å². The van der Waals surface area contributed by atoms with Crippen molar-refractivity contribution in [2.45, 2.75) is 53.4 Å². The van der Waals surface area contributed by atoms with Crippen LogP contribution < -0.4 is 0 Å². The van der Waals surface area contributed by atoms with Crippen molar-refractivity contribution < 1.29 is 0 Å². The van der Waals surface area contributed by atoms with E-state index in [4.69, 9.17) is 0 Å². The molecule has 1 aliphatic heterocycles. The first-order chi connectivity index (χ1) is 11.7. The van der Waals surface area contributed by atoms with Crippen LogP contribution in [0.15, 0.2) is 0 Å². The molecule has 0 unspecified atom stereocenters. The van der Waals surface area contributed by atoms with Gasteiger partial charge in [0.05, 0.1) is 0 Å². The van der Waals surface area contributed by atoms with Gasteiger partial charge in [-0.05, 0) is 51.9 Å². The molecule has 0 aromatic carbocycles. The van der Waals surface area contributed by atoms with Crippen LogP contribution in [0.5, 0.6) is 0 Å². The van der Waals surface area contributed by atoms with Crippen molar-refractivity contribution in [2.24, 2.45) is 0 Å². The van der Waals surface area contributed by atoms with E-state index in [1.165, 1.54) is 104 Å². The number of hydrogen-bond acceptors (Lipinski definition) is 4. The van der Waals surface area contributed by atoms with Gasteiger partial charge in [-0.1, -0.05) is 27.7 Å². The topological polar surface area (TPSA) is 13.0 Å². The van der Waals surface area contributed by atoms with Crippen LogP contribution in [0.4, 0.5) is 0 Å². The molecule has 0 aromatic heterocycles. The molecule has 1 saturated heterocycles. The molecule has 1 rings (SSSR count). The van der Waals surface area contributed by atoms with E-state index in [0.29, 0.717) is 0 Å². The van der Waals surface area contributed by atoms with Crippen molar-refractivity contribution >= 4 is 0 Å². The van der Waals surface area contributed by atoms with E-state index >= 15 is 0 Å². The maximum Gasteiger partial charge on any atom is 0.0110 e. The Labute approximate surface area is 152 Å². The molecule has 4 nitrogen and oxygen atoms in total. The normalized spacial score (nSPS) is 21.5. The van der Waals surface area contributed by atoms with Crippen molar-refractivity contribution in [3.8, 4) is 0 Å². The highest BCUT2D eigenvalue weighted by atomic mass is 15.3. The van der Waals surface area contributed by atoms with Gasteiger partial charge in [0.2, 0.25) is 0 Å². The van der Waals surface area contributed by atoms with Crippen LogP contribution in [0.1, 0.15) is 53.4 Å². The number of nitrogens with zero attached hydrogens (tertiary/aromatic N) is 4. The molecule has 4 heteroatoms. The molecule has 0 saturated carbocycles. The van der Waals surface area contributed by atoms with Gasteiger partial charge >= 0.3 is 0 Å². The van der Waals surface area contributed by atoms with Crippen LogP contribution >= 0.6 is 0 Å². The lowest BCUT2D eigenvalue weighted by atomic mass is 10.3. The van der Waals surface area contributed by atoms with Crippen LogP contribution in [0.25, 0.3) is 0 Å². The predicted octanol–water partition coefficient (Wildman–Crippen LogP) is 2.85. The van der Waals surface area contributed by atoms with Crippen LogP contribution in [-0.2, 0) is 0 Å². The second kappa shape index (κ2) is 14.1. The molecule has 0 amide bonds. The molecule has 1 fully saturated rings. The summed E-state index contributed by atoms with van der Waals surface area (Å²) in [5.74, 6) is 0. The summed E-state index contributed by atoms with van der Waals surface area (Å²) < 4.78 is 0. The predicted molar refractivity (Wildman–Crippen MR) is 107 cm³/mol. The lowest BCUT2D eigenvalue weighted by Crippen LogP contribution is -2.46. The third-order valence-electron chi connectivity index (χ3n) is 5.09. The molecule has 0 atom stereocenters. The van der Waals surface area contributed by atoms with Gasteiger partial charge in [-0.25, -0.2) is 0 Å². The largest absolute Gasteiger partial charge is 0.301 e. The van der Waals surface area contributed by atoms with Crippen molar-refractivity contribution in [1.29, 1.82) is 0 Å². The summed E-state index contributed by atoms with van der Waals surface area (Å²) in [7, 11) is 0. The zero-order valence-corrected chi connectivity index (χ0v) is 17.1. The first-order valence-electron chi connectivity index (χ1n) is 10.6. The highest BCUT2D eigenvalue weighted by Crippen LogP contribution is 2.03. The fourth-order valence-corrected chi connectivity index (χ4v) is 3.74. The molecule has 1 aliphatic rings. The van der Waals surface area contributed by atoms with Crippen LogP contribution in [-0.4, -0.2) is 98.1 Å². The van der Waals surface area contributed by atoms with Gasteiger partial charge in [-0.2, -0.15) is 0 Å². The summed E-state index contributed by atoms with van der Waals surface area (Å²) in [5.41, 5.74) is 0. The lowest BCUT2D eigenvalue weighted by molar-refractivity contribution is 0.133. The van der Waals surface area contributed by atoms with E-state index in [2.05, 4.69) is 47.3 Å². The number of hydrogen-bond donors (Lipinski definition) is 0. The summed E-state index contributed by atoms with van der Waals surface area (Å²) in [4.78, 5) is 10.8. The minimum Gasteiger partial charge on any atom is -0.301 e. The number of rotatable bonds is 8. The molecule has 0 radical (unpaired) electrons. The van der Waals surface area contributed by atoms with E-state index in [1.807, 2.05) is 0 Å². The first kappa shape index (κ1) is 21.9. The van der Waals surface area contributed by atoms with Crippen LogP contribution in [0, 0.1) is 0 Å². The lowest BCUT2D eigenvalue weighted by Gasteiger charge is -2.34. The summed E-state index contributed by atoms with van der Waals surface area (Å²) in [5, 5.41) is 0. The molecule has 0 bridgehead atoms. The Morgan fingerprint density at radius 2 is 0.542 bits per heavy atom. The van der Waals surface area contributed by atoms with Gasteiger partial charge in [-0.3, -0.25) is 0 Å². The van der Waals surface area contributed by atoms with Gasteiger partial charge in [0.25, 0.3) is 0 Å². The smallest absolute Gasteiger partial charge is 0.0110 e. The second-order valence-corrected chi connectivity index (χ2v) is 7.37. The highest BCUT2D eigenvalue weighted by molar-refractivity contribution is 4.71. The van der Waals surface area contributed by atoms with E-state index in [1.54, 1.807) is 0 Å². The molecular weight excluding hydrogens is 296 g/mol. The quantitative estimate of drug-likeness (QED) is 0.673. The fraction of sp³-hybridized carbons (Fsp3) is 1.00. The third kappa shape index (κ3) is 9.36. The molecule has 144 valence electrons. The zero-order chi connectivity index (χ0) is 17.6. The van der Waals surface area contributed by atoms with Gasteiger partial charge < -0.3 is 19.6 Å². The minimum atomic E-state index is 1.24. The van der Waals surface area contributed by atoms with Crippen molar-refractivity contribution in [3.05, 3.63) is 0 Å². The molecule has 0 aromatic rings. The van der Waals surface area contributed by atoms with Crippen LogP contribution in [0.2, 0.25) is 0 Å². The Balaban J connectivity index is 2.68. The van der Waals surface area contributed by atoms with Crippen molar-refractivity contribution in [1.82, 2.24) is 19.6 Å². The maximum absolute atomic E-state index is 2.69. The Hall–Kier alpha value is -0.160. The molecule has 0 spiro atoms. The standard InChI is InChI=1S/C20H44N4/c1-5-9-21-13-15-22(10-6-2)17-19-24(12-8-4)20-18-23(11-7-3)16-14-21/h5-20H2,1-4H3. The Morgan fingerprint density at radius 3 is 0.667 bits per heavy atom. The Morgan fingerprint density at radius 1 is 0.375 bits per heavy atom. The van der Waals surface area contributed by atoms with E-state index < -0.39 is 0 Å². The first-order valence-corrected chi connectivity index (χ1v) is 10.6. The van der Waals surface area contributed by atoms with Crippen LogP contribution in [0.3, 0.4) is 0 Å². The zero-order valence-electron chi connectivity index (χ0n) is 17.1. The highest BCUT2D eigenvalue weighted by Gasteiger charge is 2.15. The fourth-order valence-electron chi connectivity index (χ4n) is 3.74. The van der Waals surface area contributed by atoms with E-state index in [9.17, 15) is 0 Å². The Kier molecular flexibility index (Phi) is 12.8. The van der Waals surface area contributed by atoms with Gasteiger partial charge in [0.1, 0.15) is 0 Å². The molecule has 1 heterocycles. The van der Waals surface area contributed by atoms with Crippen molar-refractivity contribution in [2.75, 3.05) is 78.5 Å². The monoisotopic (exact) mass is 340 g/mol. The molecule has 0 N–H and O–H groups in total. The van der Waals surface area contributed by atoms with Gasteiger partial charge in [-0.15, -0.1) is 0 Å². The maximum atomic E-state index is 2.69. The van der Waals surface area contributed by atoms with E-state index in [-0.39, 0.29) is 0 Å². The molecule has 24 heavy (non-hydrogen) atoms. The third-order valence-corrected chi connectivity index (χ3v) is 5.09. The average molecular weight is 341 g/mol. The van der Waals surface area contributed by atoms with E-state index in [0.717, 1.165) is 0 Å². The summed E-state index contributed by atoms with van der Waals surface area (Å²) in [6.45, 7) is 24.2. The minimum absolute atomic E-state index is 1.24. The second-order valence-electron chi connectivity index (χ2n) is 7.37. The average Bonchev–Trinajstić information content (AvgIpc) is 2.57. The Bertz CT molecular complexity index is 213. The summed E-state index contributed by atoms with van der Waals surface area (Å²) >= 11 is 0. The van der Waals surface area contributed by atoms with Gasteiger partial charge in [0, 0.05) is 52.4 Å². The molecule has 0 aliphatic carbocycles. The molecular formula is C20H44N4. The summed E-state index contributed by atoms with van der Waals surface area (Å²) in [6.07, 6.45) is 5.08. The van der Waals surface area contributed by atoms with Gasteiger partial charge in [0.15, 0.2) is 0 Å². The summed E-state index contributed by atoms with van der Waals surface area (Å²) in [6, 6.07) is 0. The SMILES string of the molecule is CCCN1CCN(CCC)CCN(CCC)CCN(CCC)CC1.